The maximum Gasteiger partial charge on any atom is 0.149 e. The number of nitrogens with zero attached hydrogens (tertiary/aromatic N) is 1. The van der Waals surface area contributed by atoms with Gasteiger partial charge >= 0.3 is 0 Å². The van der Waals surface area contributed by atoms with Crippen molar-refractivity contribution in [3.63, 3.8) is 0 Å². The summed E-state index contributed by atoms with van der Waals surface area (Å²) in [5, 5.41) is 0.282. The van der Waals surface area contributed by atoms with Gasteiger partial charge in [0.1, 0.15) is 35.7 Å². The highest BCUT2D eigenvalue weighted by Crippen LogP contribution is 2.46. The van der Waals surface area contributed by atoms with Crippen LogP contribution in [0.1, 0.15) is 32.8 Å². The maximum absolute atomic E-state index is 13.6. The highest BCUT2D eigenvalue weighted by Gasteiger charge is 2.41. The Morgan fingerprint density at radius 2 is 1.91 bits per heavy atom. The minimum atomic E-state index is -0.670. The quantitative estimate of drug-likeness (QED) is 0.681. The molecule has 0 saturated heterocycles. The zero-order chi connectivity index (χ0) is 17.0. The van der Waals surface area contributed by atoms with Crippen LogP contribution in [-0.4, -0.2) is 18.3 Å². The van der Waals surface area contributed by atoms with Gasteiger partial charge in [0.2, 0.25) is 0 Å². The van der Waals surface area contributed by atoms with E-state index in [9.17, 15) is 8.78 Å². The molecule has 1 aromatic heterocycles. The van der Waals surface area contributed by atoms with Crippen molar-refractivity contribution in [2.24, 2.45) is 0 Å². The summed E-state index contributed by atoms with van der Waals surface area (Å²) in [5.74, 6) is 0.218. The van der Waals surface area contributed by atoms with E-state index in [1.807, 2.05) is 20.8 Å². The first kappa shape index (κ1) is 17.7. The average Bonchev–Trinajstić information content (AvgIpc) is 2.96. The van der Waals surface area contributed by atoms with Gasteiger partial charge in [-0.1, -0.05) is 32.4 Å². The number of rotatable bonds is 3. The lowest BCUT2D eigenvalue weighted by Gasteiger charge is -2.22. The van der Waals surface area contributed by atoms with Gasteiger partial charge in [-0.15, -0.1) is 0 Å². The number of ether oxygens (including phenoxy) is 1. The first-order valence-corrected chi connectivity index (χ1v) is 8.13. The number of aromatic nitrogens is 1. The Kier molecular flexibility index (Phi) is 5.58. The third-order valence-corrected chi connectivity index (χ3v) is 4.25. The molecule has 124 valence electrons. The monoisotopic (exact) mass is 339 g/mol. The van der Waals surface area contributed by atoms with Crippen LogP contribution in [-0.2, 0) is 5.41 Å². The smallest absolute Gasteiger partial charge is 0.149 e. The van der Waals surface area contributed by atoms with Gasteiger partial charge < -0.3 is 4.74 Å². The van der Waals surface area contributed by atoms with Gasteiger partial charge in [0.15, 0.2) is 0 Å². The van der Waals surface area contributed by atoms with Gasteiger partial charge in [-0.05, 0) is 36.8 Å². The normalized spacial score (nSPS) is 18.7. The van der Waals surface area contributed by atoms with Crippen molar-refractivity contribution in [1.29, 1.82) is 0 Å². The second-order valence-corrected chi connectivity index (χ2v) is 5.62. The van der Waals surface area contributed by atoms with E-state index in [1.165, 1.54) is 12.1 Å². The fraction of sp³-hybridized carbons (Fsp3) is 0.389. The molecular formula is C18H20ClF2NO. The fourth-order valence-corrected chi connectivity index (χ4v) is 2.82. The van der Waals surface area contributed by atoms with Crippen LogP contribution in [0.2, 0.25) is 5.15 Å². The molecule has 2 heterocycles. The lowest BCUT2D eigenvalue weighted by molar-refractivity contribution is 0.217. The third kappa shape index (κ3) is 3.18. The summed E-state index contributed by atoms with van der Waals surface area (Å²) in [4.78, 5) is 4.27. The van der Waals surface area contributed by atoms with Crippen molar-refractivity contribution in [2.75, 3.05) is 13.3 Å². The first-order valence-electron chi connectivity index (χ1n) is 7.75. The maximum atomic E-state index is 13.6. The molecule has 1 unspecified atom stereocenters. The van der Waals surface area contributed by atoms with E-state index in [2.05, 4.69) is 4.98 Å². The highest BCUT2D eigenvalue weighted by atomic mass is 35.5. The number of pyridine rings is 1. The standard InChI is InChI=1S/C16H14ClF2NO.C2H6/c1-2-16(8-18)9-21-15-12(16)7-13(17)20-14(15)10-3-5-11(19)6-4-10;1-2/h3-7H,2,8-9H2,1H3;1-2H3. The van der Waals surface area contributed by atoms with E-state index in [1.54, 1.807) is 18.2 Å². The van der Waals surface area contributed by atoms with Crippen molar-refractivity contribution < 1.29 is 13.5 Å². The zero-order valence-corrected chi connectivity index (χ0v) is 14.3. The minimum Gasteiger partial charge on any atom is -0.490 e. The molecule has 3 rings (SSSR count). The molecule has 0 saturated carbocycles. The van der Waals surface area contributed by atoms with Crippen molar-refractivity contribution in [3.05, 3.63) is 46.9 Å². The van der Waals surface area contributed by atoms with Crippen LogP contribution in [0.3, 0.4) is 0 Å². The van der Waals surface area contributed by atoms with Gasteiger partial charge in [0.25, 0.3) is 0 Å². The Morgan fingerprint density at radius 3 is 2.48 bits per heavy atom. The Bertz CT molecular complexity index is 669. The average molecular weight is 340 g/mol. The van der Waals surface area contributed by atoms with E-state index in [0.717, 1.165) is 5.56 Å². The fourth-order valence-electron chi connectivity index (χ4n) is 2.63. The predicted octanol–water partition coefficient (Wildman–Crippen LogP) is 5.58. The van der Waals surface area contributed by atoms with Crippen LogP contribution < -0.4 is 4.74 Å². The number of halogens is 3. The molecule has 0 bridgehead atoms. The Labute approximate surface area is 140 Å². The minimum absolute atomic E-state index is 0.269. The number of hydrogen-bond donors (Lipinski definition) is 0. The lowest BCUT2D eigenvalue weighted by Crippen LogP contribution is -2.29. The molecule has 0 aliphatic carbocycles. The summed E-state index contributed by atoms with van der Waals surface area (Å²) in [6.07, 6.45) is 0.611. The molecule has 1 aliphatic heterocycles. The van der Waals surface area contributed by atoms with Crippen LogP contribution in [0.5, 0.6) is 5.75 Å². The SMILES string of the molecule is CC.CCC1(CF)COc2c1cc(Cl)nc2-c1ccc(F)cc1. The van der Waals surface area contributed by atoms with Crippen LogP contribution >= 0.6 is 11.6 Å². The van der Waals surface area contributed by atoms with E-state index in [-0.39, 0.29) is 17.6 Å². The number of fused-ring (bicyclic) bond motifs is 1. The van der Waals surface area contributed by atoms with E-state index in [0.29, 0.717) is 23.4 Å². The van der Waals surface area contributed by atoms with Crippen molar-refractivity contribution in [3.8, 4) is 17.0 Å². The van der Waals surface area contributed by atoms with Crippen LogP contribution in [0, 0.1) is 5.82 Å². The third-order valence-electron chi connectivity index (χ3n) is 4.06. The lowest BCUT2D eigenvalue weighted by atomic mass is 9.81. The largest absolute Gasteiger partial charge is 0.490 e. The summed E-state index contributed by atoms with van der Waals surface area (Å²) in [7, 11) is 0. The molecule has 2 aromatic rings. The predicted molar refractivity (Wildman–Crippen MR) is 89.4 cm³/mol. The van der Waals surface area contributed by atoms with Crippen molar-refractivity contribution >= 4 is 11.6 Å². The van der Waals surface area contributed by atoms with Gasteiger partial charge in [-0.25, -0.2) is 13.8 Å². The highest BCUT2D eigenvalue weighted by molar-refractivity contribution is 6.29. The number of alkyl halides is 1. The van der Waals surface area contributed by atoms with Crippen LogP contribution in [0.15, 0.2) is 30.3 Å². The second-order valence-electron chi connectivity index (χ2n) is 5.23. The molecule has 2 nitrogen and oxygen atoms in total. The molecule has 1 atom stereocenters. The van der Waals surface area contributed by atoms with E-state index >= 15 is 0 Å². The van der Waals surface area contributed by atoms with Crippen molar-refractivity contribution in [1.82, 2.24) is 4.98 Å². The molecule has 0 fully saturated rings. The Balaban J connectivity index is 0.000000924. The molecule has 0 spiro atoms. The first-order chi connectivity index (χ1) is 11.1. The van der Waals surface area contributed by atoms with Gasteiger partial charge in [-0.2, -0.15) is 0 Å². The van der Waals surface area contributed by atoms with Crippen molar-refractivity contribution in [2.45, 2.75) is 32.6 Å². The summed E-state index contributed by atoms with van der Waals surface area (Å²) in [5.41, 5.74) is 1.30. The molecule has 0 radical (unpaired) electrons. The molecular weight excluding hydrogens is 320 g/mol. The molecule has 1 aliphatic rings. The molecule has 1 aromatic carbocycles. The van der Waals surface area contributed by atoms with E-state index < -0.39 is 12.1 Å². The van der Waals surface area contributed by atoms with Crippen LogP contribution in [0.25, 0.3) is 11.3 Å². The molecule has 0 N–H and O–H groups in total. The molecule has 23 heavy (non-hydrogen) atoms. The number of hydrogen-bond acceptors (Lipinski definition) is 2. The summed E-state index contributed by atoms with van der Waals surface area (Å²) in [6.45, 7) is 5.68. The van der Waals surface area contributed by atoms with Gasteiger partial charge in [-0.3, -0.25) is 0 Å². The van der Waals surface area contributed by atoms with Gasteiger partial charge in [0.05, 0.1) is 5.41 Å². The summed E-state index contributed by atoms with van der Waals surface area (Å²) >= 11 is 6.09. The number of benzene rings is 1. The van der Waals surface area contributed by atoms with E-state index in [4.69, 9.17) is 16.3 Å². The van der Waals surface area contributed by atoms with Crippen LogP contribution in [0.4, 0.5) is 8.78 Å². The Morgan fingerprint density at radius 1 is 1.26 bits per heavy atom. The second kappa shape index (κ2) is 7.26. The zero-order valence-electron chi connectivity index (χ0n) is 13.5. The Hall–Kier alpha value is -1.68. The topological polar surface area (TPSA) is 22.1 Å². The summed E-state index contributed by atoms with van der Waals surface area (Å²) in [6, 6.07) is 7.58. The molecule has 0 amide bonds. The summed E-state index contributed by atoms with van der Waals surface area (Å²) < 4.78 is 32.3. The molecule has 5 heteroatoms. The van der Waals surface area contributed by atoms with Gasteiger partial charge in [0, 0.05) is 11.1 Å².